The third-order valence-corrected chi connectivity index (χ3v) is 4.11. The second-order valence-electron chi connectivity index (χ2n) is 6.13. The van der Waals surface area contributed by atoms with Crippen molar-refractivity contribution in [1.29, 1.82) is 0 Å². The Morgan fingerprint density at radius 2 is 1.56 bits per heavy atom. The van der Waals surface area contributed by atoms with E-state index in [0.29, 0.717) is 0 Å². The lowest BCUT2D eigenvalue weighted by molar-refractivity contribution is 0.0693. The van der Waals surface area contributed by atoms with Gasteiger partial charge in [-0.25, -0.2) is 9.48 Å². The summed E-state index contributed by atoms with van der Waals surface area (Å²) in [7, 11) is 5.68. The van der Waals surface area contributed by atoms with Crippen LogP contribution in [0.1, 0.15) is 16.1 Å². The zero-order valence-corrected chi connectivity index (χ0v) is 15.7. The molecular formula is C20H23N3O4. The smallest absolute Gasteiger partial charge is 0.339 e. The molecule has 0 unspecified atom stereocenters. The molecule has 1 aromatic heterocycles. The van der Waals surface area contributed by atoms with Gasteiger partial charge in [0.15, 0.2) is 0 Å². The summed E-state index contributed by atoms with van der Waals surface area (Å²) in [5.74, 6) is -1.31. The summed E-state index contributed by atoms with van der Waals surface area (Å²) in [6.45, 7) is 1.95. The lowest BCUT2D eigenvalue weighted by Crippen LogP contribution is -2.23. The molecule has 2 N–H and O–H groups in total. The van der Waals surface area contributed by atoms with Crippen LogP contribution in [0.5, 0.6) is 5.75 Å². The Morgan fingerprint density at radius 1 is 1.00 bits per heavy atom. The highest BCUT2D eigenvalue weighted by molar-refractivity contribution is 5.90. The van der Waals surface area contributed by atoms with Gasteiger partial charge in [0.25, 0.3) is 5.56 Å². The molecule has 0 aliphatic rings. The van der Waals surface area contributed by atoms with Gasteiger partial charge in [-0.15, -0.1) is 0 Å². The van der Waals surface area contributed by atoms with Crippen LogP contribution in [-0.2, 0) is 7.05 Å². The van der Waals surface area contributed by atoms with Crippen molar-refractivity contribution in [1.82, 2.24) is 9.36 Å². The number of rotatable bonds is 3. The number of benzene rings is 2. The van der Waals surface area contributed by atoms with Crippen LogP contribution < -0.4 is 10.5 Å². The second kappa shape index (κ2) is 8.27. The molecule has 3 aromatic rings. The Bertz CT molecular complexity index is 988. The molecule has 0 saturated carbocycles. The fourth-order valence-electron chi connectivity index (χ4n) is 2.72. The topological polar surface area (TPSA) is 87.7 Å². The number of carbonyl (C=O) groups is 1. The van der Waals surface area contributed by atoms with Crippen molar-refractivity contribution in [3.63, 3.8) is 0 Å². The van der Waals surface area contributed by atoms with Crippen molar-refractivity contribution in [2.24, 2.45) is 7.05 Å². The van der Waals surface area contributed by atoms with Gasteiger partial charge in [0.1, 0.15) is 17.0 Å². The molecule has 2 aromatic carbocycles. The third-order valence-electron chi connectivity index (χ3n) is 4.11. The minimum Gasteiger partial charge on any atom is -0.507 e. The van der Waals surface area contributed by atoms with E-state index in [1.807, 2.05) is 68.0 Å². The van der Waals surface area contributed by atoms with Crippen molar-refractivity contribution in [2.45, 2.75) is 6.92 Å². The van der Waals surface area contributed by atoms with Gasteiger partial charge >= 0.3 is 5.97 Å². The van der Waals surface area contributed by atoms with Crippen LogP contribution in [0.15, 0.2) is 59.4 Å². The summed E-state index contributed by atoms with van der Waals surface area (Å²) in [5, 5.41) is 17.3. The highest BCUT2D eigenvalue weighted by Gasteiger charge is 2.16. The summed E-state index contributed by atoms with van der Waals surface area (Å²) in [6.07, 6.45) is 0. The van der Waals surface area contributed by atoms with Gasteiger partial charge < -0.3 is 15.1 Å². The maximum Gasteiger partial charge on any atom is 0.339 e. The van der Waals surface area contributed by atoms with E-state index in [2.05, 4.69) is 0 Å². The highest BCUT2D eigenvalue weighted by atomic mass is 16.4. The molecule has 7 heteroatoms. The molecule has 3 rings (SSSR count). The van der Waals surface area contributed by atoms with Crippen LogP contribution in [0, 0.1) is 6.92 Å². The molecule has 0 radical (unpaired) electrons. The zero-order valence-electron chi connectivity index (χ0n) is 15.7. The quantitative estimate of drug-likeness (QED) is 0.741. The van der Waals surface area contributed by atoms with Crippen molar-refractivity contribution in [2.75, 3.05) is 19.0 Å². The van der Waals surface area contributed by atoms with E-state index in [0.717, 1.165) is 17.1 Å². The Balaban J connectivity index is 0.000000223. The van der Waals surface area contributed by atoms with Gasteiger partial charge in [-0.3, -0.25) is 9.48 Å². The first kappa shape index (κ1) is 19.8. The van der Waals surface area contributed by atoms with Gasteiger partial charge in [-0.05, 0) is 31.2 Å². The van der Waals surface area contributed by atoms with Crippen molar-refractivity contribution < 1.29 is 15.0 Å². The lowest BCUT2D eigenvalue weighted by Gasteiger charge is -2.09. The number of anilines is 1. The molecule has 1 heterocycles. The van der Waals surface area contributed by atoms with Crippen LogP contribution in [0.25, 0.3) is 5.69 Å². The van der Waals surface area contributed by atoms with Crippen LogP contribution in [0.4, 0.5) is 5.69 Å². The molecule has 27 heavy (non-hydrogen) atoms. The number of para-hydroxylation sites is 2. The number of aromatic hydroxyl groups is 1. The van der Waals surface area contributed by atoms with Gasteiger partial charge in [-0.2, -0.15) is 0 Å². The summed E-state index contributed by atoms with van der Waals surface area (Å²) >= 11 is 0. The first-order chi connectivity index (χ1) is 12.8. The minimum absolute atomic E-state index is 0.0150. The van der Waals surface area contributed by atoms with E-state index in [9.17, 15) is 9.59 Å². The van der Waals surface area contributed by atoms with E-state index in [1.54, 1.807) is 16.8 Å². The highest BCUT2D eigenvalue weighted by Crippen LogP contribution is 2.16. The molecule has 0 amide bonds. The molecule has 0 bridgehead atoms. The van der Waals surface area contributed by atoms with E-state index in [4.69, 9.17) is 10.2 Å². The maximum atomic E-state index is 12.4. The van der Waals surface area contributed by atoms with Crippen LogP contribution >= 0.6 is 0 Å². The van der Waals surface area contributed by atoms with Gasteiger partial charge in [0.05, 0.1) is 11.4 Å². The number of carboxylic acid groups (broad SMARTS) is 1. The largest absolute Gasteiger partial charge is 0.507 e. The van der Waals surface area contributed by atoms with Crippen LogP contribution in [-0.4, -0.2) is 39.6 Å². The fraction of sp³-hybridized carbons (Fsp3) is 0.200. The Hall–Kier alpha value is -3.48. The normalized spacial score (nSPS) is 10.1. The van der Waals surface area contributed by atoms with E-state index in [1.165, 1.54) is 12.1 Å². The SMILES string of the molecule is Cc1c(N(C)C)c(=O)n(-c2ccccc2)n1C.O=C(O)c1ccccc1O. The summed E-state index contributed by atoms with van der Waals surface area (Å²) in [6, 6.07) is 15.5. The number of nitrogens with zero attached hydrogens (tertiary/aromatic N) is 3. The number of hydrogen-bond acceptors (Lipinski definition) is 4. The van der Waals surface area contributed by atoms with Crippen molar-refractivity contribution >= 4 is 11.7 Å². The number of aromatic carboxylic acids is 1. The summed E-state index contributed by atoms with van der Waals surface area (Å²) in [5.41, 5.74) is 2.53. The van der Waals surface area contributed by atoms with Gasteiger partial charge in [-0.1, -0.05) is 30.3 Å². The number of carboxylic acids is 1. The molecule has 0 aliphatic carbocycles. The number of phenols is 1. The average molecular weight is 369 g/mol. The molecule has 0 aliphatic heterocycles. The molecule has 0 fully saturated rings. The van der Waals surface area contributed by atoms with Gasteiger partial charge in [0.2, 0.25) is 0 Å². The molecule has 7 nitrogen and oxygen atoms in total. The van der Waals surface area contributed by atoms with Gasteiger partial charge in [0, 0.05) is 21.1 Å². The predicted octanol–water partition coefficient (Wildman–Crippen LogP) is 2.64. The number of hydrogen-bond donors (Lipinski definition) is 2. The van der Waals surface area contributed by atoms with E-state index < -0.39 is 5.97 Å². The average Bonchev–Trinajstić information content (AvgIpc) is 2.85. The molecular weight excluding hydrogens is 346 g/mol. The summed E-state index contributed by atoms with van der Waals surface area (Å²) < 4.78 is 3.57. The molecule has 142 valence electrons. The molecule has 0 spiro atoms. The maximum absolute atomic E-state index is 12.4. The Labute approximate surface area is 157 Å². The van der Waals surface area contributed by atoms with E-state index >= 15 is 0 Å². The van der Waals surface area contributed by atoms with Crippen LogP contribution in [0.2, 0.25) is 0 Å². The first-order valence-corrected chi connectivity index (χ1v) is 8.28. The predicted molar refractivity (Wildman–Crippen MR) is 105 cm³/mol. The third kappa shape index (κ3) is 4.20. The Kier molecular flexibility index (Phi) is 6.07. The van der Waals surface area contributed by atoms with Crippen molar-refractivity contribution in [3.05, 3.63) is 76.2 Å². The minimum atomic E-state index is -1.11. The van der Waals surface area contributed by atoms with E-state index in [-0.39, 0.29) is 16.9 Å². The number of aromatic nitrogens is 2. The fourth-order valence-corrected chi connectivity index (χ4v) is 2.72. The standard InChI is InChI=1S/C13H17N3O.C7H6O3/c1-10-12(14(2)3)13(17)16(15(10)4)11-8-6-5-7-9-11;8-6-4-2-1-3-5(6)7(9)10/h5-9H,1-4H3;1-4,8H,(H,9,10). The lowest BCUT2D eigenvalue weighted by atomic mass is 10.2. The summed E-state index contributed by atoms with van der Waals surface area (Å²) in [4.78, 5) is 24.5. The Morgan fingerprint density at radius 3 is 2.00 bits per heavy atom. The monoisotopic (exact) mass is 369 g/mol. The first-order valence-electron chi connectivity index (χ1n) is 8.28. The molecule has 0 saturated heterocycles. The second-order valence-corrected chi connectivity index (χ2v) is 6.13. The van der Waals surface area contributed by atoms with Crippen molar-refractivity contribution in [3.8, 4) is 11.4 Å². The molecule has 0 atom stereocenters. The zero-order chi connectivity index (χ0) is 20.1. The van der Waals surface area contributed by atoms with Crippen LogP contribution in [0.3, 0.4) is 0 Å².